The molecule has 4 heteroatoms. The molecule has 0 aromatic carbocycles. The Morgan fingerprint density at radius 1 is 1.26 bits per heavy atom. The predicted octanol–water partition coefficient (Wildman–Crippen LogP) is 3.15. The zero-order valence-electron chi connectivity index (χ0n) is 12.3. The molecule has 0 bridgehead atoms. The van der Waals surface area contributed by atoms with E-state index in [1.54, 1.807) is 0 Å². The number of carbonyl (C=O) groups is 2. The minimum atomic E-state index is -0.452. The van der Waals surface area contributed by atoms with Gasteiger partial charge in [0.25, 0.3) is 0 Å². The van der Waals surface area contributed by atoms with Crippen LogP contribution in [0.4, 0.5) is 4.79 Å². The van der Waals surface area contributed by atoms with E-state index in [2.05, 4.69) is 0 Å². The molecule has 0 radical (unpaired) electrons. The van der Waals surface area contributed by atoms with Gasteiger partial charge in [-0.25, -0.2) is 4.79 Å². The number of amides is 1. The van der Waals surface area contributed by atoms with Crippen LogP contribution in [0.3, 0.4) is 0 Å². The molecule has 19 heavy (non-hydrogen) atoms. The van der Waals surface area contributed by atoms with E-state index in [1.807, 2.05) is 25.7 Å². The van der Waals surface area contributed by atoms with Crippen LogP contribution in [-0.2, 0) is 9.53 Å². The van der Waals surface area contributed by atoms with Crippen LogP contribution in [-0.4, -0.2) is 35.0 Å². The van der Waals surface area contributed by atoms with Crippen LogP contribution >= 0.6 is 0 Å². The Labute approximate surface area is 115 Å². The number of hydrogen-bond donors (Lipinski definition) is 0. The van der Waals surface area contributed by atoms with E-state index in [-0.39, 0.29) is 12.1 Å². The second-order valence-electron chi connectivity index (χ2n) is 6.78. The molecule has 108 valence electrons. The van der Waals surface area contributed by atoms with E-state index in [0.29, 0.717) is 18.1 Å². The molecule has 2 rings (SSSR count). The minimum Gasteiger partial charge on any atom is -0.444 e. The summed E-state index contributed by atoms with van der Waals surface area (Å²) in [7, 11) is 0. The zero-order valence-corrected chi connectivity index (χ0v) is 12.3. The molecule has 1 aliphatic heterocycles. The highest BCUT2D eigenvalue weighted by Gasteiger charge is 2.38. The average molecular weight is 267 g/mol. The SMILES string of the molecule is CC(C)(C)OC(=O)N1CCCC1C1CCCC(=O)C1. The molecule has 2 aliphatic rings. The Bertz CT molecular complexity index is 359. The van der Waals surface area contributed by atoms with Crippen molar-refractivity contribution >= 4 is 11.9 Å². The summed E-state index contributed by atoms with van der Waals surface area (Å²) in [5.74, 6) is 0.698. The van der Waals surface area contributed by atoms with Gasteiger partial charge >= 0.3 is 6.09 Å². The van der Waals surface area contributed by atoms with Gasteiger partial charge in [0.1, 0.15) is 11.4 Å². The van der Waals surface area contributed by atoms with E-state index in [9.17, 15) is 9.59 Å². The summed E-state index contributed by atoms with van der Waals surface area (Å²) >= 11 is 0. The highest BCUT2D eigenvalue weighted by atomic mass is 16.6. The lowest BCUT2D eigenvalue weighted by Crippen LogP contribution is -2.44. The average Bonchev–Trinajstić information content (AvgIpc) is 2.75. The van der Waals surface area contributed by atoms with Crippen molar-refractivity contribution in [3.8, 4) is 0 Å². The monoisotopic (exact) mass is 267 g/mol. The van der Waals surface area contributed by atoms with Gasteiger partial charge in [-0.15, -0.1) is 0 Å². The third-order valence-electron chi connectivity index (χ3n) is 3.99. The normalized spacial score (nSPS) is 28.6. The Morgan fingerprint density at radius 2 is 2.00 bits per heavy atom. The van der Waals surface area contributed by atoms with Crippen LogP contribution in [0.2, 0.25) is 0 Å². The predicted molar refractivity (Wildman–Crippen MR) is 72.9 cm³/mol. The molecular formula is C15H25NO3. The van der Waals surface area contributed by atoms with Gasteiger partial charge in [-0.1, -0.05) is 0 Å². The lowest BCUT2D eigenvalue weighted by Gasteiger charge is -2.34. The second-order valence-corrected chi connectivity index (χ2v) is 6.78. The summed E-state index contributed by atoms with van der Waals surface area (Å²) in [4.78, 5) is 25.7. The largest absolute Gasteiger partial charge is 0.444 e. The molecule has 0 spiro atoms. The number of ether oxygens (including phenoxy) is 1. The number of rotatable bonds is 1. The first-order chi connectivity index (χ1) is 8.87. The third kappa shape index (κ3) is 3.71. The van der Waals surface area contributed by atoms with Crippen molar-refractivity contribution < 1.29 is 14.3 Å². The molecule has 1 saturated carbocycles. The number of likely N-dealkylation sites (tertiary alicyclic amines) is 1. The Morgan fingerprint density at radius 3 is 2.63 bits per heavy atom. The van der Waals surface area contributed by atoms with Crippen molar-refractivity contribution in [3.63, 3.8) is 0 Å². The second kappa shape index (κ2) is 5.51. The third-order valence-corrected chi connectivity index (χ3v) is 3.99. The first kappa shape index (κ1) is 14.4. The van der Waals surface area contributed by atoms with Crippen LogP contribution in [0.15, 0.2) is 0 Å². The van der Waals surface area contributed by atoms with Gasteiger partial charge in [0, 0.05) is 25.4 Å². The summed E-state index contributed by atoms with van der Waals surface area (Å²) in [6.45, 7) is 6.44. The Balaban J connectivity index is 2.00. The van der Waals surface area contributed by atoms with Crippen molar-refractivity contribution in [1.29, 1.82) is 0 Å². The maximum Gasteiger partial charge on any atom is 0.410 e. The van der Waals surface area contributed by atoms with E-state index >= 15 is 0 Å². The Hall–Kier alpha value is -1.06. The first-order valence-electron chi connectivity index (χ1n) is 7.38. The molecule has 0 aromatic heterocycles. The summed E-state index contributed by atoms with van der Waals surface area (Å²) in [6, 6.07) is 0.207. The fraction of sp³-hybridized carbons (Fsp3) is 0.867. The van der Waals surface area contributed by atoms with Crippen molar-refractivity contribution in [2.24, 2.45) is 5.92 Å². The van der Waals surface area contributed by atoms with Gasteiger partial charge < -0.3 is 9.64 Å². The van der Waals surface area contributed by atoms with Gasteiger partial charge in [-0.3, -0.25) is 4.79 Å². The summed E-state index contributed by atoms with van der Waals surface area (Å²) in [6.07, 6.45) is 5.22. The van der Waals surface area contributed by atoms with Crippen molar-refractivity contribution in [3.05, 3.63) is 0 Å². The van der Waals surface area contributed by atoms with E-state index in [0.717, 1.165) is 38.6 Å². The molecule has 4 nitrogen and oxygen atoms in total. The van der Waals surface area contributed by atoms with Crippen molar-refractivity contribution in [2.75, 3.05) is 6.54 Å². The summed E-state index contributed by atoms with van der Waals surface area (Å²) in [5.41, 5.74) is -0.452. The van der Waals surface area contributed by atoms with Gasteiger partial charge in [0.05, 0.1) is 0 Å². The van der Waals surface area contributed by atoms with E-state index in [4.69, 9.17) is 4.74 Å². The Kier molecular flexibility index (Phi) is 4.16. The summed E-state index contributed by atoms with van der Waals surface area (Å²) < 4.78 is 5.47. The van der Waals surface area contributed by atoms with Crippen molar-refractivity contribution in [1.82, 2.24) is 4.90 Å². The summed E-state index contributed by atoms with van der Waals surface area (Å²) in [5, 5.41) is 0. The molecule has 2 unspecified atom stereocenters. The number of Topliss-reactive ketones (excluding diaryl/α,β-unsaturated/α-hetero) is 1. The molecule has 1 aliphatic carbocycles. The molecule has 2 atom stereocenters. The quantitative estimate of drug-likeness (QED) is 0.733. The van der Waals surface area contributed by atoms with Gasteiger partial charge in [-0.2, -0.15) is 0 Å². The van der Waals surface area contributed by atoms with Gasteiger partial charge in [0.15, 0.2) is 0 Å². The van der Waals surface area contributed by atoms with Crippen LogP contribution in [0.25, 0.3) is 0 Å². The fourth-order valence-corrected chi connectivity index (χ4v) is 3.22. The number of carbonyl (C=O) groups excluding carboxylic acids is 2. The molecule has 0 N–H and O–H groups in total. The van der Waals surface area contributed by atoms with E-state index in [1.165, 1.54) is 0 Å². The van der Waals surface area contributed by atoms with Crippen LogP contribution < -0.4 is 0 Å². The first-order valence-corrected chi connectivity index (χ1v) is 7.38. The van der Waals surface area contributed by atoms with Crippen LogP contribution in [0.1, 0.15) is 59.3 Å². The van der Waals surface area contributed by atoms with Crippen LogP contribution in [0, 0.1) is 5.92 Å². The standard InChI is InChI=1S/C15H25NO3/c1-15(2,3)19-14(18)16-9-5-8-13(16)11-6-4-7-12(17)10-11/h11,13H,4-10H2,1-3H3. The molecule has 1 amide bonds. The van der Waals surface area contributed by atoms with Crippen molar-refractivity contribution in [2.45, 2.75) is 70.9 Å². The fourth-order valence-electron chi connectivity index (χ4n) is 3.22. The number of hydrogen-bond acceptors (Lipinski definition) is 3. The number of ketones is 1. The topological polar surface area (TPSA) is 46.6 Å². The minimum absolute atomic E-state index is 0.207. The molecule has 2 fully saturated rings. The molecule has 0 aromatic rings. The number of nitrogens with zero attached hydrogens (tertiary/aromatic N) is 1. The van der Waals surface area contributed by atoms with Crippen LogP contribution in [0.5, 0.6) is 0 Å². The molecule has 1 heterocycles. The maximum atomic E-state index is 12.2. The van der Waals surface area contributed by atoms with Gasteiger partial charge in [0.2, 0.25) is 0 Å². The lowest BCUT2D eigenvalue weighted by molar-refractivity contribution is -0.122. The molecule has 1 saturated heterocycles. The highest BCUT2D eigenvalue weighted by molar-refractivity contribution is 5.79. The molecular weight excluding hydrogens is 242 g/mol. The highest BCUT2D eigenvalue weighted by Crippen LogP contribution is 2.33. The van der Waals surface area contributed by atoms with E-state index < -0.39 is 5.60 Å². The lowest BCUT2D eigenvalue weighted by atomic mass is 9.82. The van der Waals surface area contributed by atoms with Gasteiger partial charge in [-0.05, 0) is 52.4 Å². The zero-order chi connectivity index (χ0) is 14.0. The maximum absolute atomic E-state index is 12.2. The smallest absolute Gasteiger partial charge is 0.410 e.